The molecular weight excluding hydrogens is 362 g/mol. The van der Waals surface area contributed by atoms with Crippen molar-refractivity contribution in [1.82, 2.24) is 14.8 Å². The zero-order valence-corrected chi connectivity index (χ0v) is 16.2. The molecular formula is C21H22ClN3O2. The first-order valence-electron chi connectivity index (χ1n) is 8.91. The van der Waals surface area contributed by atoms with Crippen molar-refractivity contribution in [3.63, 3.8) is 0 Å². The fourth-order valence-electron chi connectivity index (χ4n) is 2.88. The van der Waals surface area contributed by atoms with Gasteiger partial charge in [-0.3, -0.25) is 4.98 Å². The fourth-order valence-corrected chi connectivity index (χ4v) is 3.19. The van der Waals surface area contributed by atoms with Gasteiger partial charge in [0.15, 0.2) is 0 Å². The van der Waals surface area contributed by atoms with Gasteiger partial charge in [-0.2, -0.15) is 5.10 Å². The van der Waals surface area contributed by atoms with E-state index in [0.29, 0.717) is 36.0 Å². The number of esters is 1. The van der Waals surface area contributed by atoms with Gasteiger partial charge in [0.1, 0.15) is 10.7 Å². The third kappa shape index (κ3) is 4.95. The molecule has 0 aliphatic carbocycles. The molecule has 2 aromatic heterocycles. The Morgan fingerprint density at radius 3 is 2.63 bits per heavy atom. The number of rotatable bonds is 7. The van der Waals surface area contributed by atoms with E-state index in [2.05, 4.69) is 10.1 Å². The lowest BCUT2D eigenvalue weighted by atomic mass is 10.2. The van der Waals surface area contributed by atoms with Crippen LogP contribution in [0.5, 0.6) is 0 Å². The molecule has 2 heterocycles. The molecule has 1 aromatic carbocycles. The summed E-state index contributed by atoms with van der Waals surface area (Å²) >= 11 is 6.39. The molecule has 0 fully saturated rings. The standard InChI is InChI=1S/C21H22ClN3O2/c1-15-8-6-11-18(23-15)12-7-13-27-21(26)19-16(2)24-25(20(19)22)14-17-9-4-3-5-10-17/h3-6,8-11H,7,12-14H2,1-2H3. The van der Waals surface area contributed by atoms with E-state index in [1.807, 2.05) is 55.5 Å². The van der Waals surface area contributed by atoms with Crippen LogP contribution in [-0.4, -0.2) is 27.3 Å². The summed E-state index contributed by atoms with van der Waals surface area (Å²) in [6.45, 7) is 4.54. The van der Waals surface area contributed by atoms with Gasteiger partial charge in [0, 0.05) is 11.4 Å². The number of carbonyl (C=O) groups excluding carboxylic acids is 1. The van der Waals surface area contributed by atoms with Gasteiger partial charge in [0.25, 0.3) is 0 Å². The van der Waals surface area contributed by atoms with Gasteiger partial charge in [-0.05, 0) is 44.4 Å². The summed E-state index contributed by atoms with van der Waals surface area (Å²) in [7, 11) is 0. The van der Waals surface area contributed by atoms with Gasteiger partial charge in [-0.25, -0.2) is 9.48 Å². The second-order valence-corrected chi connectivity index (χ2v) is 6.76. The van der Waals surface area contributed by atoms with Gasteiger partial charge in [0.05, 0.1) is 18.8 Å². The van der Waals surface area contributed by atoms with E-state index in [0.717, 1.165) is 23.4 Å². The third-order valence-electron chi connectivity index (χ3n) is 4.20. The van der Waals surface area contributed by atoms with Crippen LogP contribution in [0.2, 0.25) is 5.15 Å². The molecule has 0 spiro atoms. The quantitative estimate of drug-likeness (QED) is 0.448. The number of aryl methyl sites for hydroxylation is 3. The Hall–Kier alpha value is -2.66. The first-order valence-corrected chi connectivity index (χ1v) is 9.29. The van der Waals surface area contributed by atoms with Crippen LogP contribution in [0.25, 0.3) is 0 Å². The van der Waals surface area contributed by atoms with Crippen LogP contribution in [0.15, 0.2) is 48.5 Å². The summed E-state index contributed by atoms with van der Waals surface area (Å²) in [6.07, 6.45) is 1.46. The molecule has 3 aromatic rings. The van der Waals surface area contributed by atoms with E-state index in [9.17, 15) is 4.79 Å². The highest BCUT2D eigenvalue weighted by Gasteiger charge is 2.21. The first-order chi connectivity index (χ1) is 13.0. The second-order valence-electron chi connectivity index (χ2n) is 6.40. The van der Waals surface area contributed by atoms with Crippen LogP contribution in [0, 0.1) is 13.8 Å². The molecule has 0 saturated heterocycles. The Kier molecular flexibility index (Phi) is 6.24. The summed E-state index contributed by atoms with van der Waals surface area (Å²) in [5.74, 6) is -0.436. The van der Waals surface area contributed by atoms with Crippen molar-refractivity contribution >= 4 is 17.6 Å². The van der Waals surface area contributed by atoms with Gasteiger partial charge < -0.3 is 4.74 Å². The van der Waals surface area contributed by atoms with Crippen LogP contribution in [-0.2, 0) is 17.7 Å². The van der Waals surface area contributed by atoms with Crippen molar-refractivity contribution < 1.29 is 9.53 Å². The summed E-state index contributed by atoms with van der Waals surface area (Å²) in [5, 5.41) is 4.69. The number of benzene rings is 1. The lowest BCUT2D eigenvalue weighted by Crippen LogP contribution is -2.09. The largest absolute Gasteiger partial charge is 0.462 e. The smallest absolute Gasteiger partial charge is 0.343 e. The molecule has 27 heavy (non-hydrogen) atoms. The lowest BCUT2D eigenvalue weighted by molar-refractivity contribution is 0.0499. The van der Waals surface area contributed by atoms with E-state index in [4.69, 9.17) is 16.3 Å². The zero-order chi connectivity index (χ0) is 19.2. The summed E-state index contributed by atoms with van der Waals surface area (Å²) in [6, 6.07) is 15.8. The van der Waals surface area contributed by atoms with Crippen LogP contribution in [0.4, 0.5) is 0 Å². The van der Waals surface area contributed by atoms with Crippen LogP contribution < -0.4 is 0 Å². The van der Waals surface area contributed by atoms with Crippen molar-refractivity contribution in [3.8, 4) is 0 Å². The number of carbonyl (C=O) groups is 1. The predicted octanol–water partition coefficient (Wildman–Crippen LogP) is 4.39. The fraction of sp³-hybridized carbons (Fsp3) is 0.286. The maximum absolute atomic E-state index is 12.4. The highest BCUT2D eigenvalue weighted by Crippen LogP contribution is 2.22. The van der Waals surface area contributed by atoms with Gasteiger partial charge >= 0.3 is 5.97 Å². The van der Waals surface area contributed by atoms with Gasteiger partial charge in [-0.15, -0.1) is 0 Å². The lowest BCUT2D eigenvalue weighted by Gasteiger charge is -2.06. The minimum absolute atomic E-state index is 0.307. The number of hydrogen-bond acceptors (Lipinski definition) is 4. The van der Waals surface area contributed by atoms with Crippen molar-refractivity contribution in [2.24, 2.45) is 0 Å². The number of aromatic nitrogens is 3. The van der Waals surface area contributed by atoms with E-state index in [1.54, 1.807) is 11.6 Å². The minimum Gasteiger partial charge on any atom is -0.462 e. The van der Waals surface area contributed by atoms with Crippen LogP contribution in [0.3, 0.4) is 0 Å². The topological polar surface area (TPSA) is 57.0 Å². The van der Waals surface area contributed by atoms with Crippen molar-refractivity contribution in [1.29, 1.82) is 0 Å². The van der Waals surface area contributed by atoms with Crippen molar-refractivity contribution in [2.75, 3.05) is 6.61 Å². The SMILES string of the molecule is Cc1cccc(CCCOC(=O)c2c(C)nn(Cc3ccccc3)c2Cl)n1. The Labute approximate surface area is 164 Å². The van der Waals surface area contributed by atoms with E-state index in [1.165, 1.54) is 0 Å². The molecule has 0 radical (unpaired) electrons. The van der Waals surface area contributed by atoms with Crippen molar-refractivity contribution in [3.05, 3.63) is 81.9 Å². The maximum Gasteiger partial charge on any atom is 0.343 e. The average molecular weight is 384 g/mol. The molecule has 3 rings (SSSR count). The molecule has 0 atom stereocenters. The number of hydrogen-bond donors (Lipinski definition) is 0. The molecule has 0 bridgehead atoms. The predicted molar refractivity (Wildman–Crippen MR) is 105 cm³/mol. The van der Waals surface area contributed by atoms with E-state index >= 15 is 0 Å². The van der Waals surface area contributed by atoms with Crippen LogP contribution >= 0.6 is 11.6 Å². The Morgan fingerprint density at radius 1 is 1.11 bits per heavy atom. The molecule has 140 valence electrons. The Morgan fingerprint density at radius 2 is 1.89 bits per heavy atom. The van der Waals surface area contributed by atoms with E-state index < -0.39 is 5.97 Å². The molecule has 0 amide bonds. The number of pyridine rings is 1. The molecule has 6 heteroatoms. The van der Waals surface area contributed by atoms with Crippen molar-refractivity contribution in [2.45, 2.75) is 33.2 Å². The molecule has 0 saturated carbocycles. The maximum atomic E-state index is 12.4. The molecule has 0 unspecified atom stereocenters. The average Bonchev–Trinajstić information content (AvgIpc) is 2.93. The Bertz CT molecular complexity index is 922. The summed E-state index contributed by atoms with van der Waals surface area (Å²) in [4.78, 5) is 16.9. The van der Waals surface area contributed by atoms with Crippen LogP contribution in [0.1, 0.15) is 39.4 Å². The number of nitrogens with zero attached hydrogens (tertiary/aromatic N) is 3. The summed E-state index contributed by atoms with van der Waals surface area (Å²) in [5.41, 5.74) is 3.95. The first kappa shape index (κ1) is 19.1. The second kappa shape index (κ2) is 8.82. The molecule has 0 aliphatic rings. The summed E-state index contributed by atoms with van der Waals surface area (Å²) < 4.78 is 7.03. The highest BCUT2D eigenvalue weighted by atomic mass is 35.5. The molecule has 0 N–H and O–H groups in total. The Balaban J connectivity index is 1.58. The number of halogens is 1. The zero-order valence-electron chi connectivity index (χ0n) is 15.5. The monoisotopic (exact) mass is 383 g/mol. The van der Waals surface area contributed by atoms with E-state index in [-0.39, 0.29) is 0 Å². The molecule has 5 nitrogen and oxygen atoms in total. The third-order valence-corrected chi connectivity index (χ3v) is 4.59. The minimum atomic E-state index is -0.436. The normalized spacial score (nSPS) is 10.8. The van der Waals surface area contributed by atoms with Gasteiger partial charge in [0.2, 0.25) is 0 Å². The highest BCUT2D eigenvalue weighted by molar-refractivity contribution is 6.32. The van der Waals surface area contributed by atoms with Gasteiger partial charge in [-0.1, -0.05) is 48.0 Å². The molecule has 0 aliphatic heterocycles. The number of ether oxygens (including phenoxy) is 1.